The van der Waals surface area contributed by atoms with Crippen molar-refractivity contribution in [2.24, 2.45) is 0 Å². The number of nitrogens with zero attached hydrogens (tertiary/aromatic N) is 2. The van der Waals surface area contributed by atoms with E-state index in [9.17, 15) is 18.3 Å². The van der Waals surface area contributed by atoms with Crippen molar-refractivity contribution in [2.75, 3.05) is 4.72 Å². The van der Waals surface area contributed by atoms with Gasteiger partial charge in [-0.3, -0.25) is 9.40 Å². The van der Waals surface area contributed by atoms with Gasteiger partial charge in [0.05, 0.1) is 16.9 Å². The zero-order valence-corrected chi connectivity index (χ0v) is 14.3. The summed E-state index contributed by atoms with van der Waals surface area (Å²) in [5.41, 5.74) is 0.111. The lowest BCUT2D eigenvalue weighted by atomic mass is 10.1. The van der Waals surface area contributed by atoms with Gasteiger partial charge >= 0.3 is 5.97 Å². The largest absolute Gasteiger partial charge is 0.478 e. The Labute approximate surface area is 138 Å². The van der Waals surface area contributed by atoms with Crippen molar-refractivity contribution in [1.82, 2.24) is 9.78 Å². The van der Waals surface area contributed by atoms with E-state index < -0.39 is 16.0 Å². The van der Waals surface area contributed by atoms with Gasteiger partial charge in [0.25, 0.3) is 10.0 Å². The maximum Gasteiger partial charge on any atom is 0.339 e. The fraction of sp³-hybridized carbons (Fsp3) is 0.286. The molecule has 0 radical (unpaired) electrons. The molecule has 9 heteroatoms. The summed E-state index contributed by atoms with van der Waals surface area (Å²) < 4.78 is 28.7. The Hall–Kier alpha value is -2.06. The molecule has 23 heavy (non-hydrogen) atoms. The lowest BCUT2D eigenvalue weighted by Crippen LogP contribution is -2.16. The number of aryl methyl sites for hydroxylation is 1. The molecule has 1 aromatic heterocycles. The second-order valence-corrected chi connectivity index (χ2v) is 7.36. The molecule has 0 atom stereocenters. The van der Waals surface area contributed by atoms with Crippen molar-refractivity contribution in [3.8, 4) is 0 Å². The minimum atomic E-state index is -3.98. The molecule has 0 bridgehead atoms. The van der Waals surface area contributed by atoms with Crippen molar-refractivity contribution < 1.29 is 18.3 Å². The van der Waals surface area contributed by atoms with Crippen LogP contribution in [0.15, 0.2) is 29.4 Å². The number of aromatic nitrogens is 2. The number of aromatic carboxylic acids is 1. The van der Waals surface area contributed by atoms with E-state index in [-0.39, 0.29) is 27.2 Å². The van der Waals surface area contributed by atoms with Gasteiger partial charge in [-0.05, 0) is 32.4 Å². The van der Waals surface area contributed by atoms with Crippen LogP contribution >= 0.6 is 11.6 Å². The summed E-state index contributed by atoms with van der Waals surface area (Å²) in [5, 5.41) is 13.2. The van der Waals surface area contributed by atoms with Crippen molar-refractivity contribution in [3.05, 3.63) is 40.7 Å². The first-order valence-electron chi connectivity index (χ1n) is 6.73. The second-order valence-electron chi connectivity index (χ2n) is 5.27. The van der Waals surface area contributed by atoms with Gasteiger partial charge in [0.15, 0.2) is 0 Å². The summed E-state index contributed by atoms with van der Waals surface area (Å²) in [7, 11) is -3.98. The van der Waals surface area contributed by atoms with E-state index >= 15 is 0 Å². The number of anilines is 1. The van der Waals surface area contributed by atoms with Crippen molar-refractivity contribution >= 4 is 33.3 Å². The second kappa shape index (κ2) is 6.21. The topological polar surface area (TPSA) is 101 Å². The van der Waals surface area contributed by atoms with E-state index in [1.165, 1.54) is 23.1 Å². The summed E-state index contributed by atoms with van der Waals surface area (Å²) in [6, 6.07) is 2.96. The summed E-state index contributed by atoms with van der Waals surface area (Å²) in [6.45, 7) is 5.32. The number of carboxylic acid groups (broad SMARTS) is 1. The smallest absolute Gasteiger partial charge is 0.339 e. The predicted molar refractivity (Wildman–Crippen MR) is 86.6 cm³/mol. The Morgan fingerprint density at radius 2 is 2.04 bits per heavy atom. The van der Waals surface area contributed by atoms with Crippen molar-refractivity contribution in [2.45, 2.75) is 31.7 Å². The Morgan fingerprint density at radius 3 is 2.57 bits per heavy atom. The number of hydrogen-bond donors (Lipinski definition) is 2. The number of carbonyl (C=O) groups is 1. The van der Waals surface area contributed by atoms with Gasteiger partial charge in [-0.1, -0.05) is 17.7 Å². The molecular formula is C14H16ClN3O4S. The van der Waals surface area contributed by atoms with Crippen molar-refractivity contribution in [1.29, 1.82) is 0 Å². The molecule has 0 saturated heterocycles. The molecule has 0 aliphatic rings. The predicted octanol–water partition coefficient (Wildman–Crippen LogP) is 2.92. The van der Waals surface area contributed by atoms with Gasteiger partial charge in [0, 0.05) is 12.2 Å². The fourth-order valence-electron chi connectivity index (χ4n) is 1.96. The van der Waals surface area contributed by atoms with E-state index in [2.05, 4.69) is 9.82 Å². The number of nitrogens with one attached hydrogen (secondary N) is 1. The van der Waals surface area contributed by atoms with Gasteiger partial charge in [0.1, 0.15) is 10.5 Å². The third-order valence-electron chi connectivity index (χ3n) is 3.23. The summed E-state index contributed by atoms with van der Waals surface area (Å²) >= 11 is 5.88. The minimum Gasteiger partial charge on any atom is -0.478 e. The number of halogens is 1. The summed E-state index contributed by atoms with van der Waals surface area (Å²) in [4.78, 5) is 11.3. The van der Waals surface area contributed by atoms with Crippen LogP contribution in [0.1, 0.15) is 35.8 Å². The number of rotatable bonds is 5. The van der Waals surface area contributed by atoms with E-state index in [1.54, 1.807) is 13.0 Å². The minimum absolute atomic E-state index is 0.00133. The highest BCUT2D eigenvalue weighted by Gasteiger charge is 2.23. The number of hydrogen-bond acceptors (Lipinski definition) is 4. The van der Waals surface area contributed by atoms with Crippen LogP contribution in [-0.2, 0) is 10.0 Å². The quantitative estimate of drug-likeness (QED) is 0.856. The average Bonchev–Trinajstić information content (AvgIpc) is 2.93. The van der Waals surface area contributed by atoms with Crippen LogP contribution in [0.5, 0.6) is 0 Å². The molecule has 1 heterocycles. The number of carboxylic acids is 1. The van der Waals surface area contributed by atoms with Gasteiger partial charge < -0.3 is 5.11 Å². The standard InChI is InChI=1S/C14H16ClN3O4S/c1-8(2)18-7-10(6-16-18)23(21,22)17-13-9(3)4-5-11(15)12(13)14(19)20/h4-8,17H,1-3H3,(H,19,20). The van der Waals surface area contributed by atoms with E-state index in [1.807, 2.05) is 13.8 Å². The molecule has 2 aromatic rings. The first-order valence-corrected chi connectivity index (χ1v) is 8.59. The third kappa shape index (κ3) is 3.48. The Balaban J connectivity index is 2.49. The maximum absolute atomic E-state index is 12.5. The molecule has 1 aromatic carbocycles. The molecule has 0 spiro atoms. The lowest BCUT2D eigenvalue weighted by Gasteiger charge is -2.13. The molecule has 0 fully saturated rings. The SMILES string of the molecule is Cc1ccc(Cl)c(C(=O)O)c1NS(=O)(=O)c1cnn(C(C)C)c1. The first kappa shape index (κ1) is 17.3. The molecule has 0 unspecified atom stereocenters. The van der Waals surface area contributed by atoms with Crippen LogP contribution in [0.3, 0.4) is 0 Å². The molecule has 0 amide bonds. The Kier molecular flexibility index (Phi) is 4.67. The molecule has 0 aliphatic carbocycles. The third-order valence-corrected chi connectivity index (χ3v) is 4.85. The van der Waals surface area contributed by atoms with Crippen LogP contribution < -0.4 is 4.72 Å². The normalized spacial score (nSPS) is 11.7. The molecule has 2 rings (SSSR count). The highest BCUT2D eigenvalue weighted by Crippen LogP contribution is 2.30. The average molecular weight is 358 g/mol. The van der Waals surface area contributed by atoms with Gasteiger partial charge in [-0.15, -0.1) is 0 Å². The van der Waals surface area contributed by atoms with Crippen LogP contribution in [0, 0.1) is 6.92 Å². The van der Waals surface area contributed by atoms with E-state index in [0.29, 0.717) is 5.56 Å². The molecule has 2 N–H and O–H groups in total. The molecular weight excluding hydrogens is 342 g/mol. The summed E-state index contributed by atoms with van der Waals surface area (Å²) in [5.74, 6) is -1.31. The molecule has 0 aliphatic heterocycles. The van der Waals surface area contributed by atoms with Gasteiger partial charge in [-0.25, -0.2) is 13.2 Å². The van der Waals surface area contributed by atoms with Crippen LogP contribution in [0.2, 0.25) is 5.02 Å². The monoisotopic (exact) mass is 357 g/mol. The zero-order chi connectivity index (χ0) is 17.4. The Bertz CT molecular complexity index is 859. The van der Waals surface area contributed by atoms with Crippen LogP contribution in [0.25, 0.3) is 0 Å². The van der Waals surface area contributed by atoms with Gasteiger partial charge in [0.2, 0.25) is 0 Å². The number of benzene rings is 1. The van der Waals surface area contributed by atoms with E-state index in [0.717, 1.165) is 0 Å². The van der Waals surface area contributed by atoms with Crippen molar-refractivity contribution in [3.63, 3.8) is 0 Å². The van der Waals surface area contributed by atoms with Crippen LogP contribution in [-0.4, -0.2) is 29.3 Å². The molecule has 0 saturated carbocycles. The maximum atomic E-state index is 12.5. The highest BCUT2D eigenvalue weighted by molar-refractivity contribution is 7.92. The van der Waals surface area contributed by atoms with Crippen LogP contribution in [0.4, 0.5) is 5.69 Å². The first-order chi connectivity index (χ1) is 10.6. The number of sulfonamides is 1. The molecule has 124 valence electrons. The van der Waals surface area contributed by atoms with Gasteiger partial charge in [-0.2, -0.15) is 5.10 Å². The molecule has 7 nitrogen and oxygen atoms in total. The summed E-state index contributed by atoms with van der Waals surface area (Å²) in [6.07, 6.45) is 2.59. The fourth-order valence-corrected chi connectivity index (χ4v) is 3.28. The Morgan fingerprint density at radius 1 is 1.39 bits per heavy atom. The zero-order valence-electron chi connectivity index (χ0n) is 12.7. The van der Waals surface area contributed by atoms with E-state index in [4.69, 9.17) is 11.6 Å². The lowest BCUT2D eigenvalue weighted by molar-refractivity contribution is 0.0698. The highest BCUT2D eigenvalue weighted by atomic mass is 35.5.